The second kappa shape index (κ2) is 5.85. The molecule has 18 heavy (non-hydrogen) atoms. The Morgan fingerprint density at radius 3 is 2.72 bits per heavy atom. The van der Waals surface area contributed by atoms with Gasteiger partial charge < -0.3 is 10.1 Å². The Balaban J connectivity index is 2.19. The molecule has 2 aromatic carbocycles. The van der Waals surface area contributed by atoms with E-state index in [4.69, 9.17) is 16.3 Å². The predicted molar refractivity (Wildman–Crippen MR) is 70.7 cm³/mol. The minimum atomic E-state index is -0.338. The summed E-state index contributed by atoms with van der Waals surface area (Å²) >= 11 is 6.11. The van der Waals surface area contributed by atoms with E-state index >= 15 is 0 Å². The van der Waals surface area contributed by atoms with Gasteiger partial charge in [-0.05, 0) is 36.9 Å². The summed E-state index contributed by atoms with van der Waals surface area (Å²) in [5.41, 5.74) is 1.06. The van der Waals surface area contributed by atoms with E-state index in [0.717, 1.165) is 12.1 Å². The van der Waals surface area contributed by atoms with Crippen LogP contribution < -0.4 is 10.1 Å². The van der Waals surface area contributed by atoms with E-state index in [1.165, 1.54) is 12.1 Å². The zero-order valence-electron chi connectivity index (χ0n) is 9.91. The van der Waals surface area contributed by atoms with Crippen molar-refractivity contribution in [1.29, 1.82) is 0 Å². The Labute approximate surface area is 110 Å². The molecule has 0 atom stereocenters. The van der Waals surface area contributed by atoms with Gasteiger partial charge in [-0.15, -0.1) is 0 Å². The SMILES string of the molecule is CNCc1ccc(Oc2cccc(F)c2)c(Cl)c1. The fourth-order valence-corrected chi connectivity index (χ4v) is 1.84. The van der Waals surface area contributed by atoms with E-state index in [1.807, 2.05) is 19.2 Å². The van der Waals surface area contributed by atoms with E-state index in [-0.39, 0.29) is 5.82 Å². The van der Waals surface area contributed by atoms with Gasteiger partial charge in [0.2, 0.25) is 0 Å². The second-order valence-corrected chi connectivity index (χ2v) is 4.26. The van der Waals surface area contributed by atoms with Gasteiger partial charge in [0.1, 0.15) is 17.3 Å². The minimum absolute atomic E-state index is 0.338. The third-order valence-electron chi connectivity index (χ3n) is 2.40. The highest BCUT2D eigenvalue weighted by molar-refractivity contribution is 6.32. The Bertz CT molecular complexity index is 545. The van der Waals surface area contributed by atoms with Crippen LogP contribution in [0.2, 0.25) is 5.02 Å². The molecule has 0 unspecified atom stereocenters. The highest BCUT2D eigenvalue weighted by Crippen LogP contribution is 2.30. The molecule has 4 heteroatoms. The summed E-state index contributed by atoms with van der Waals surface area (Å²) in [6, 6.07) is 11.5. The molecule has 1 N–H and O–H groups in total. The van der Waals surface area contributed by atoms with Crippen LogP contribution >= 0.6 is 11.6 Å². The van der Waals surface area contributed by atoms with Crippen molar-refractivity contribution in [3.63, 3.8) is 0 Å². The molecule has 0 saturated heterocycles. The molecule has 0 aliphatic carbocycles. The average Bonchev–Trinajstić information content (AvgIpc) is 2.33. The standard InChI is InChI=1S/C14H13ClFNO/c1-17-9-10-5-6-14(13(15)7-10)18-12-4-2-3-11(16)8-12/h2-8,17H,9H2,1H3. The summed E-state index contributed by atoms with van der Waals surface area (Å²) in [5.74, 6) is 0.607. The topological polar surface area (TPSA) is 21.3 Å². The van der Waals surface area contributed by atoms with Gasteiger partial charge in [0.25, 0.3) is 0 Å². The van der Waals surface area contributed by atoms with Crippen LogP contribution in [0.5, 0.6) is 11.5 Å². The van der Waals surface area contributed by atoms with Crippen molar-refractivity contribution >= 4 is 11.6 Å². The van der Waals surface area contributed by atoms with Gasteiger partial charge in [-0.2, -0.15) is 0 Å². The maximum atomic E-state index is 13.0. The van der Waals surface area contributed by atoms with Crippen LogP contribution in [0.1, 0.15) is 5.56 Å². The van der Waals surface area contributed by atoms with Crippen LogP contribution in [-0.4, -0.2) is 7.05 Å². The summed E-state index contributed by atoms with van der Waals surface area (Å²) in [6.45, 7) is 0.736. The lowest BCUT2D eigenvalue weighted by molar-refractivity contribution is 0.476. The quantitative estimate of drug-likeness (QED) is 0.902. The monoisotopic (exact) mass is 265 g/mol. The number of hydrogen-bond donors (Lipinski definition) is 1. The highest BCUT2D eigenvalue weighted by atomic mass is 35.5. The molecule has 0 bridgehead atoms. The Morgan fingerprint density at radius 2 is 2.06 bits per heavy atom. The lowest BCUT2D eigenvalue weighted by atomic mass is 10.2. The summed E-state index contributed by atoms with van der Waals surface area (Å²) in [6.07, 6.45) is 0. The lowest BCUT2D eigenvalue weighted by Gasteiger charge is -2.09. The van der Waals surface area contributed by atoms with Gasteiger partial charge in [-0.1, -0.05) is 23.7 Å². The zero-order valence-corrected chi connectivity index (χ0v) is 10.7. The Hall–Kier alpha value is -1.58. The molecule has 0 radical (unpaired) electrons. The summed E-state index contributed by atoms with van der Waals surface area (Å²) in [5, 5.41) is 3.55. The van der Waals surface area contributed by atoms with Crippen molar-refractivity contribution in [2.24, 2.45) is 0 Å². The normalized spacial score (nSPS) is 10.4. The summed E-state index contributed by atoms with van der Waals surface area (Å²) in [7, 11) is 1.87. The van der Waals surface area contributed by atoms with Crippen LogP contribution in [0.4, 0.5) is 4.39 Å². The smallest absolute Gasteiger partial charge is 0.146 e. The van der Waals surface area contributed by atoms with Gasteiger partial charge in [-0.3, -0.25) is 0 Å². The molecule has 0 heterocycles. The van der Waals surface area contributed by atoms with Crippen LogP contribution in [0.3, 0.4) is 0 Å². The van der Waals surface area contributed by atoms with E-state index in [0.29, 0.717) is 16.5 Å². The molecule has 0 saturated carbocycles. The van der Waals surface area contributed by atoms with Crippen LogP contribution in [-0.2, 0) is 6.54 Å². The van der Waals surface area contributed by atoms with Gasteiger partial charge in [0.15, 0.2) is 0 Å². The molecule has 0 aromatic heterocycles. The molecule has 2 aromatic rings. The molecule has 2 nitrogen and oxygen atoms in total. The number of halogens is 2. The first-order valence-corrected chi connectivity index (χ1v) is 5.93. The van der Waals surface area contributed by atoms with Gasteiger partial charge in [-0.25, -0.2) is 4.39 Å². The Kier molecular flexibility index (Phi) is 4.18. The first-order chi connectivity index (χ1) is 8.69. The maximum Gasteiger partial charge on any atom is 0.146 e. The van der Waals surface area contributed by atoms with Crippen LogP contribution in [0.25, 0.3) is 0 Å². The van der Waals surface area contributed by atoms with E-state index < -0.39 is 0 Å². The van der Waals surface area contributed by atoms with Crippen molar-refractivity contribution in [2.75, 3.05) is 7.05 Å². The van der Waals surface area contributed by atoms with Crippen LogP contribution in [0, 0.1) is 5.82 Å². The van der Waals surface area contributed by atoms with Crippen molar-refractivity contribution in [3.05, 3.63) is 58.9 Å². The van der Waals surface area contributed by atoms with Gasteiger partial charge in [0.05, 0.1) is 5.02 Å². The predicted octanol–water partition coefficient (Wildman–Crippen LogP) is 3.99. The maximum absolute atomic E-state index is 13.0. The first kappa shape index (κ1) is 12.9. The second-order valence-electron chi connectivity index (χ2n) is 3.85. The Morgan fingerprint density at radius 1 is 1.22 bits per heavy atom. The van der Waals surface area contributed by atoms with E-state index in [2.05, 4.69) is 5.32 Å². The number of nitrogens with one attached hydrogen (secondary N) is 1. The number of rotatable bonds is 4. The fourth-order valence-electron chi connectivity index (χ4n) is 1.60. The molecule has 0 amide bonds. The molecule has 2 rings (SSSR count). The summed E-state index contributed by atoms with van der Waals surface area (Å²) in [4.78, 5) is 0. The first-order valence-electron chi connectivity index (χ1n) is 5.55. The van der Waals surface area contributed by atoms with E-state index in [9.17, 15) is 4.39 Å². The molecule has 94 valence electrons. The van der Waals surface area contributed by atoms with Crippen molar-refractivity contribution in [2.45, 2.75) is 6.54 Å². The molecule has 0 spiro atoms. The van der Waals surface area contributed by atoms with Crippen molar-refractivity contribution in [1.82, 2.24) is 5.32 Å². The summed E-state index contributed by atoms with van der Waals surface area (Å²) < 4.78 is 18.5. The van der Waals surface area contributed by atoms with Crippen LogP contribution in [0.15, 0.2) is 42.5 Å². The molecule has 0 aliphatic rings. The minimum Gasteiger partial charge on any atom is -0.456 e. The third-order valence-corrected chi connectivity index (χ3v) is 2.70. The number of ether oxygens (including phenoxy) is 1. The largest absolute Gasteiger partial charge is 0.456 e. The van der Waals surface area contributed by atoms with Crippen molar-refractivity contribution in [3.8, 4) is 11.5 Å². The molecule has 0 aliphatic heterocycles. The highest BCUT2D eigenvalue weighted by Gasteiger charge is 2.05. The van der Waals surface area contributed by atoms with Gasteiger partial charge in [0, 0.05) is 12.6 Å². The van der Waals surface area contributed by atoms with E-state index in [1.54, 1.807) is 18.2 Å². The lowest BCUT2D eigenvalue weighted by Crippen LogP contribution is -2.04. The average molecular weight is 266 g/mol. The van der Waals surface area contributed by atoms with Gasteiger partial charge >= 0.3 is 0 Å². The molecular weight excluding hydrogens is 253 g/mol. The number of hydrogen-bond acceptors (Lipinski definition) is 2. The zero-order chi connectivity index (χ0) is 13.0. The number of benzene rings is 2. The fraction of sp³-hybridized carbons (Fsp3) is 0.143. The van der Waals surface area contributed by atoms with Crippen molar-refractivity contribution < 1.29 is 9.13 Å². The molecular formula is C14H13ClFNO. The third kappa shape index (κ3) is 3.22. The molecule has 0 fully saturated rings.